The van der Waals surface area contributed by atoms with Gasteiger partial charge in [0.05, 0.1) is 0 Å². The Labute approximate surface area is 238 Å². The molecule has 1 heterocycles. The van der Waals surface area contributed by atoms with Crippen molar-refractivity contribution in [3.63, 3.8) is 0 Å². The zero-order valence-electron chi connectivity index (χ0n) is 22.5. The maximum Gasteiger partial charge on any atom is 0.247 e. The molecule has 4 aromatic carbocycles. The van der Waals surface area contributed by atoms with Gasteiger partial charge in [-0.15, -0.1) is 0 Å². The van der Waals surface area contributed by atoms with E-state index >= 15 is 0 Å². The number of Topliss-reactive ketones (excluding diaryl/α,β-unsaturated/α-hetero) is 1. The van der Waals surface area contributed by atoms with E-state index in [0.29, 0.717) is 35.7 Å². The molecule has 1 aliphatic heterocycles. The van der Waals surface area contributed by atoms with Crippen LogP contribution < -0.4 is 10.1 Å². The third-order valence-corrected chi connectivity index (χ3v) is 7.21. The minimum atomic E-state index is -0.641. The third-order valence-electron chi connectivity index (χ3n) is 7.21. The summed E-state index contributed by atoms with van der Waals surface area (Å²) in [6.45, 7) is 0.454. The molecule has 41 heavy (non-hydrogen) atoms. The molecular weight excluding hydrogens is 519 g/mol. The van der Waals surface area contributed by atoms with Gasteiger partial charge in [-0.25, -0.2) is 4.39 Å². The second-order valence-corrected chi connectivity index (χ2v) is 10.2. The first kappa shape index (κ1) is 27.8. The van der Waals surface area contributed by atoms with Crippen molar-refractivity contribution < 1.29 is 23.5 Å². The number of halogens is 1. The highest BCUT2D eigenvalue weighted by Gasteiger charge is 2.39. The maximum atomic E-state index is 13.5. The quantitative estimate of drug-likeness (QED) is 0.224. The van der Waals surface area contributed by atoms with Crippen molar-refractivity contribution in [3.8, 4) is 11.5 Å². The van der Waals surface area contributed by atoms with Gasteiger partial charge in [-0.3, -0.25) is 14.4 Å². The third kappa shape index (κ3) is 7.45. The maximum absolute atomic E-state index is 13.5. The van der Waals surface area contributed by atoms with Crippen LogP contribution in [0.1, 0.15) is 35.2 Å². The number of anilines is 1. The summed E-state index contributed by atoms with van der Waals surface area (Å²) in [6, 6.07) is 30.9. The molecule has 0 aliphatic carbocycles. The number of hydrogen-bond donors (Lipinski definition) is 1. The largest absolute Gasteiger partial charge is 0.457 e. The molecule has 1 saturated heterocycles. The fraction of sp³-hybridized carbons (Fsp3) is 0.206. The van der Waals surface area contributed by atoms with E-state index in [9.17, 15) is 18.8 Å². The Hall–Kier alpha value is -4.78. The number of ether oxygens (including phenoxy) is 1. The second-order valence-electron chi connectivity index (χ2n) is 10.2. The lowest BCUT2D eigenvalue weighted by Gasteiger charge is -2.24. The van der Waals surface area contributed by atoms with Crippen molar-refractivity contribution in [2.45, 2.75) is 31.7 Å². The minimum absolute atomic E-state index is 0.0466. The molecule has 7 heteroatoms. The van der Waals surface area contributed by atoms with Crippen LogP contribution in [-0.4, -0.2) is 35.1 Å². The number of rotatable bonds is 10. The number of hydrogen-bond acceptors (Lipinski definition) is 4. The lowest BCUT2D eigenvalue weighted by atomic mass is 9.96. The van der Waals surface area contributed by atoms with E-state index in [0.717, 1.165) is 12.0 Å². The van der Waals surface area contributed by atoms with E-state index in [1.54, 1.807) is 53.4 Å². The molecule has 2 atom stereocenters. The zero-order chi connectivity index (χ0) is 28.6. The smallest absolute Gasteiger partial charge is 0.247 e. The van der Waals surface area contributed by atoms with Crippen LogP contribution in [0.25, 0.3) is 0 Å². The highest BCUT2D eigenvalue weighted by Crippen LogP contribution is 2.29. The Bertz CT molecular complexity index is 1480. The predicted octanol–water partition coefficient (Wildman–Crippen LogP) is 6.68. The molecular formula is C34H31FN2O4. The van der Waals surface area contributed by atoms with E-state index in [2.05, 4.69) is 5.32 Å². The van der Waals surface area contributed by atoms with Crippen molar-refractivity contribution in [1.29, 1.82) is 0 Å². The summed E-state index contributed by atoms with van der Waals surface area (Å²) in [5.41, 5.74) is 2.30. The van der Waals surface area contributed by atoms with Crippen molar-refractivity contribution >= 4 is 23.3 Å². The first-order chi connectivity index (χ1) is 19.9. The Morgan fingerprint density at radius 2 is 1.39 bits per heavy atom. The fourth-order valence-corrected chi connectivity index (χ4v) is 5.15. The van der Waals surface area contributed by atoms with Crippen molar-refractivity contribution in [3.05, 3.63) is 126 Å². The number of carbonyl (C=O) groups excluding carboxylic acids is 3. The molecule has 6 nitrogen and oxygen atoms in total. The molecule has 0 bridgehead atoms. The number of nitrogens with one attached hydrogen (secondary N) is 1. The molecule has 208 valence electrons. The summed E-state index contributed by atoms with van der Waals surface area (Å²) >= 11 is 0. The van der Waals surface area contributed by atoms with Gasteiger partial charge in [-0.1, -0.05) is 60.7 Å². The van der Waals surface area contributed by atoms with Crippen molar-refractivity contribution in [2.24, 2.45) is 5.92 Å². The summed E-state index contributed by atoms with van der Waals surface area (Å²) in [4.78, 5) is 41.0. The molecule has 1 fully saturated rings. The van der Waals surface area contributed by atoms with Crippen LogP contribution in [0, 0.1) is 11.7 Å². The Kier molecular flexibility index (Phi) is 8.84. The van der Waals surface area contributed by atoms with Gasteiger partial charge >= 0.3 is 0 Å². The van der Waals surface area contributed by atoms with Crippen molar-refractivity contribution in [2.75, 3.05) is 11.9 Å². The Balaban J connectivity index is 1.24. The Morgan fingerprint density at radius 1 is 0.780 bits per heavy atom. The van der Waals surface area contributed by atoms with Crippen LogP contribution >= 0.6 is 0 Å². The monoisotopic (exact) mass is 550 g/mol. The molecule has 0 spiro atoms. The van der Waals surface area contributed by atoms with Gasteiger partial charge in [-0.2, -0.15) is 0 Å². The predicted molar refractivity (Wildman–Crippen MR) is 155 cm³/mol. The molecule has 1 N–H and O–H groups in total. The van der Waals surface area contributed by atoms with E-state index < -0.39 is 6.04 Å². The topological polar surface area (TPSA) is 75.7 Å². The summed E-state index contributed by atoms with van der Waals surface area (Å²) < 4.78 is 18.9. The summed E-state index contributed by atoms with van der Waals surface area (Å²) in [5.74, 6) is 0.250. The second kappa shape index (κ2) is 13.0. The first-order valence-corrected chi connectivity index (χ1v) is 13.7. The Morgan fingerprint density at radius 3 is 2.05 bits per heavy atom. The lowest BCUT2D eigenvalue weighted by Crippen LogP contribution is -2.43. The van der Waals surface area contributed by atoms with Gasteiger partial charge in [0.25, 0.3) is 0 Å². The van der Waals surface area contributed by atoms with Gasteiger partial charge in [-0.05, 0) is 72.9 Å². The number of benzene rings is 4. The molecule has 4 aromatic rings. The number of likely N-dealkylation sites (tertiary alicyclic amines) is 1. The number of carbonyl (C=O) groups is 3. The standard InChI is InChI=1S/C34H31FN2O4/c35-27-11-15-29(16-12-27)41-30-17-13-28(14-18-30)36-34(40)31-22-25(21-24-7-3-1-4-8-24)23-37(31)33(39)20-19-32(38)26-9-5-2-6-10-26/h1-18,25,31H,19-23H2,(H,36,40)/t25-,31+/m1/s1. The van der Waals surface area contributed by atoms with Crippen LogP contribution in [0.5, 0.6) is 11.5 Å². The van der Waals surface area contributed by atoms with E-state index in [-0.39, 0.29) is 42.2 Å². The van der Waals surface area contributed by atoms with Crippen LogP contribution in [0.3, 0.4) is 0 Å². The average molecular weight is 551 g/mol. The van der Waals surface area contributed by atoms with Gasteiger partial charge in [0.1, 0.15) is 23.4 Å². The number of amides is 2. The SMILES string of the molecule is O=C(CCC(=O)N1C[C@H](Cc2ccccc2)C[C@H]1C(=O)Nc1ccc(Oc2ccc(F)cc2)cc1)c1ccccc1. The van der Waals surface area contributed by atoms with E-state index in [4.69, 9.17) is 4.74 Å². The van der Waals surface area contributed by atoms with Gasteiger partial charge in [0.2, 0.25) is 11.8 Å². The van der Waals surface area contributed by atoms with Crippen LogP contribution in [0.15, 0.2) is 109 Å². The molecule has 0 aromatic heterocycles. The summed E-state index contributed by atoms with van der Waals surface area (Å²) in [6.07, 6.45) is 1.43. The van der Waals surface area contributed by atoms with Crippen LogP contribution in [-0.2, 0) is 16.0 Å². The summed E-state index contributed by atoms with van der Waals surface area (Å²) in [5, 5.41) is 2.94. The molecule has 1 aliphatic rings. The fourth-order valence-electron chi connectivity index (χ4n) is 5.15. The minimum Gasteiger partial charge on any atom is -0.457 e. The van der Waals surface area contributed by atoms with E-state index in [1.807, 2.05) is 36.4 Å². The first-order valence-electron chi connectivity index (χ1n) is 13.7. The molecule has 0 saturated carbocycles. The lowest BCUT2D eigenvalue weighted by molar-refractivity contribution is -0.136. The number of ketones is 1. The molecule has 5 rings (SSSR count). The van der Waals surface area contributed by atoms with Crippen molar-refractivity contribution in [1.82, 2.24) is 4.90 Å². The molecule has 2 amide bonds. The molecule has 0 radical (unpaired) electrons. The molecule has 0 unspecified atom stereocenters. The van der Waals surface area contributed by atoms with E-state index in [1.165, 1.54) is 24.3 Å². The van der Waals surface area contributed by atoms with Gasteiger partial charge < -0.3 is 15.0 Å². The number of nitrogens with zero attached hydrogens (tertiary/aromatic N) is 1. The average Bonchev–Trinajstić information content (AvgIpc) is 3.43. The van der Waals surface area contributed by atoms with Crippen LogP contribution in [0.4, 0.5) is 10.1 Å². The zero-order valence-corrected chi connectivity index (χ0v) is 22.5. The highest BCUT2D eigenvalue weighted by atomic mass is 19.1. The highest BCUT2D eigenvalue weighted by molar-refractivity contribution is 6.00. The van der Waals surface area contributed by atoms with Gasteiger partial charge in [0, 0.05) is 30.6 Å². The van der Waals surface area contributed by atoms with Gasteiger partial charge in [0.15, 0.2) is 5.78 Å². The van der Waals surface area contributed by atoms with Crippen LogP contribution in [0.2, 0.25) is 0 Å². The summed E-state index contributed by atoms with van der Waals surface area (Å²) in [7, 11) is 0. The normalized spacial score (nSPS) is 16.3.